The van der Waals surface area contributed by atoms with Crippen molar-refractivity contribution >= 4 is 5.78 Å². The highest BCUT2D eigenvalue weighted by Gasteiger charge is 2.20. The van der Waals surface area contributed by atoms with Crippen LogP contribution in [0.1, 0.15) is 120 Å². The Morgan fingerprint density at radius 1 is 0.667 bits per heavy atom. The van der Waals surface area contributed by atoms with E-state index in [0.29, 0.717) is 22.0 Å². The number of ketones is 1. The van der Waals surface area contributed by atoms with Gasteiger partial charge in [-0.15, -0.1) is 0 Å². The molecule has 0 radical (unpaired) electrons. The minimum atomic E-state index is -0.151. The van der Waals surface area contributed by atoms with E-state index in [4.69, 9.17) is 0 Å². The third-order valence-electron chi connectivity index (χ3n) is 4.88. The Morgan fingerprint density at radius 2 is 1.10 bits per heavy atom. The fourth-order valence-electron chi connectivity index (χ4n) is 3.39. The molecule has 0 heterocycles. The third-order valence-corrected chi connectivity index (χ3v) is 4.88. The molecule has 0 aromatic heterocycles. The first kappa shape index (κ1) is 28.9. The average Bonchev–Trinajstić information content (AvgIpc) is 2.47. The van der Waals surface area contributed by atoms with Crippen LogP contribution in [0.3, 0.4) is 0 Å². The van der Waals surface area contributed by atoms with Crippen molar-refractivity contribution in [3.63, 3.8) is 0 Å². The first-order valence-corrected chi connectivity index (χ1v) is 11.9. The lowest BCUT2D eigenvalue weighted by Gasteiger charge is -2.21. The molecule has 1 heteroatoms. The second kappa shape index (κ2) is 11.5. The highest BCUT2D eigenvalue weighted by molar-refractivity contribution is 5.83. The van der Waals surface area contributed by atoms with Gasteiger partial charge in [0.25, 0.3) is 0 Å². The van der Waals surface area contributed by atoms with E-state index in [0.717, 1.165) is 25.7 Å². The summed E-state index contributed by atoms with van der Waals surface area (Å²) in [6.45, 7) is 26.5. The molecule has 0 fully saturated rings. The van der Waals surface area contributed by atoms with Gasteiger partial charge >= 0.3 is 0 Å². The van der Waals surface area contributed by atoms with Gasteiger partial charge in [-0.2, -0.15) is 0 Å². The maximum atomic E-state index is 11.6. The third kappa shape index (κ3) is 16.7. The van der Waals surface area contributed by atoms with Crippen LogP contribution in [0.4, 0.5) is 0 Å². The van der Waals surface area contributed by atoms with Gasteiger partial charge in [0, 0.05) is 11.8 Å². The lowest BCUT2D eigenvalue weighted by atomic mass is 9.85. The first-order valence-electron chi connectivity index (χ1n) is 11.9. The Hall–Kier alpha value is -1.11. The fraction of sp³-hybridized carbons (Fsp3) is 0.759. The van der Waals surface area contributed by atoms with Crippen LogP contribution >= 0.6 is 0 Å². The predicted octanol–water partition coefficient (Wildman–Crippen LogP) is 9.07. The lowest BCUT2D eigenvalue weighted by molar-refractivity contribution is -0.126. The summed E-state index contributed by atoms with van der Waals surface area (Å²) in [6.07, 6.45) is 6.50. The molecule has 0 amide bonds. The van der Waals surface area contributed by atoms with E-state index in [9.17, 15) is 4.79 Å². The molecule has 0 unspecified atom stereocenters. The van der Waals surface area contributed by atoms with E-state index < -0.39 is 0 Å². The van der Waals surface area contributed by atoms with Gasteiger partial charge in [0.1, 0.15) is 5.78 Å². The van der Waals surface area contributed by atoms with Gasteiger partial charge in [-0.05, 0) is 53.1 Å². The maximum Gasteiger partial charge on any atom is 0.138 e. The number of hydrogen-bond acceptors (Lipinski definition) is 1. The Balaban J connectivity index is 0.000000567. The molecular weight excluding hydrogens is 364 g/mol. The summed E-state index contributed by atoms with van der Waals surface area (Å²) in [4.78, 5) is 11.6. The van der Waals surface area contributed by atoms with Crippen molar-refractivity contribution in [1.82, 2.24) is 0 Å². The van der Waals surface area contributed by atoms with E-state index in [2.05, 4.69) is 86.6 Å². The van der Waals surface area contributed by atoms with Gasteiger partial charge in [-0.1, -0.05) is 114 Å². The molecule has 0 saturated heterocycles. The number of carbonyl (C=O) groups excluding carboxylic acids is 1. The monoisotopic (exact) mass is 416 g/mol. The minimum Gasteiger partial charge on any atom is -0.299 e. The standard InChI is InChI=1S/C16H26.C13H26O/c1-15(2,3)11-13-8-7-9-14(10-13)12-16(4,5)6;1-12(2,3)10-8-7-9-11(14)13(4,5)6/h7-10H,11-12H2,1-6H3;7-10H2,1-6H3. The normalized spacial score (nSPS) is 12.9. The lowest BCUT2D eigenvalue weighted by Crippen LogP contribution is -2.19. The summed E-state index contributed by atoms with van der Waals surface area (Å²) < 4.78 is 0. The minimum absolute atomic E-state index is 0.151. The summed E-state index contributed by atoms with van der Waals surface area (Å²) in [5.74, 6) is 0.395. The number of carbonyl (C=O) groups is 1. The summed E-state index contributed by atoms with van der Waals surface area (Å²) in [6, 6.07) is 9.06. The molecule has 0 atom stereocenters. The largest absolute Gasteiger partial charge is 0.299 e. The van der Waals surface area contributed by atoms with Gasteiger partial charge in [-0.25, -0.2) is 0 Å². The summed E-state index contributed by atoms with van der Waals surface area (Å²) >= 11 is 0. The van der Waals surface area contributed by atoms with Crippen LogP contribution in [-0.4, -0.2) is 5.78 Å². The molecule has 1 rings (SSSR count). The molecule has 0 aliphatic rings. The molecule has 0 aliphatic heterocycles. The van der Waals surface area contributed by atoms with Crippen LogP contribution in [0, 0.1) is 21.7 Å². The van der Waals surface area contributed by atoms with Gasteiger partial charge in [0.05, 0.1) is 0 Å². The molecular formula is C29H52O. The topological polar surface area (TPSA) is 17.1 Å². The van der Waals surface area contributed by atoms with Crippen molar-refractivity contribution in [3.8, 4) is 0 Å². The van der Waals surface area contributed by atoms with E-state index in [-0.39, 0.29) is 5.41 Å². The molecule has 0 aliphatic carbocycles. The van der Waals surface area contributed by atoms with E-state index in [1.807, 2.05) is 20.8 Å². The Labute approximate surface area is 189 Å². The number of rotatable bonds is 6. The van der Waals surface area contributed by atoms with Gasteiger partial charge in [0.15, 0.2) is 0 Å². The van der Waals surface area contributed by atoms with Crippen LogP contribution in [-0.2, 0) is 17.6 Å². The van der Waals surface area contributed by atoms with Gasteiger partial charge in [-0.3, -0.25) is 4.79 Å². The van der Waals surface area contributed by atoms with Crippen LogP contribution in [0.2, 0.25) is 0 Å². The Kier molecular flexibility index (Phi) is 11.1. The zero-order valence-electron chi connectivity index (χ0n) is 22.5. The fourth-order valence-corrected chi connectivity index (χ4v) is 3.39. The second-order valence-electron chi connectivity index (χ2n) is 13.7. The molecule has 1 aromatic carbocycles. The van der Waals surface area contributed by atoms with Crippen LogP contribution in [0.15, 0.2) is 24.3 Å². The summed E-state index contributed by atoms with van der Waals surface area (Å²) in [5, 5.41) is 0. The summed E-state index contributed by atoms with van der Waals surface area (Å²) in [5.41, 5.74) is 3.94. The molecule has 30 heavy (non-hydrogen) atoms. The van der Waals surface area contributed by atoms with Crippen LogP contribution in [0.5, 0.6) is 0 Å². The van der Waals surface area contributed by atoms with Crippen molar-refractivity contribution < 1.29 is 4.79 Å². The van der Waals surface area contributed by atoms with E-state index >= 15 is 0 Å². The molecule has 0 spiro atoms. The highest BCUT2D eigenvalue weighted by atomic mass is 16.1. The van der Waals surface area contributed by atoms with Crippen molar-refractivity contribution in [3.05, 3.63) is 35.4 Å². The zero-order valence-corrected chi connectivity index (χ0v) is 22.5. The van der Waals surface area contributed by atoms with E-state index in [1.165, 1.54) is 24.0 Å². The van der Waals surface area contributed by atoms with Crippen molar-refractivity contribution in [2.24, 2.45) is 21.7 Å². The van der Waals surface area contributed by atoms with Crippen LogP contribution < -0.4 is 0 Å². The van der Waals surface area contributed by atoms with E-state index in [1.54, 1.807) is 0 Å². The first-order chi connectivity index (χ1) is 13.3. The predicted molar refractivity (Wildman–Crippen MR) is 135 cm³/mol. The molecule has 0 saturated carbocycles. The average molecular weight is 417 g/mol. The smallest absolute Gasteiger partial charge is 0.138 e. The maximum absolute atomic E-state index is 11.6. The molecule has 174 valence electrons. The second-order valence-corrected chi connectivity index (χ2v) is 13.7. The van der Waals surface area contributed by atoms with Crippen molar-refractivity contribution in [1.29, 1.82) is 0 Å². The van der Waals surface area contributed by atoms with Crippen LogP contribution in [0.25, 0.3) is 0 Å². The summed E-state index contributed by atoms with van der Waals surface area (Å²) in [7, 11) is 0. The molecule has 0 N–H and O–H groups in total. The number of hydrogen-bond donors (Lipinski definition) is 0. The molecule has 1 aromatic rings. The van der Waals surface area contributed by atoms with Crippen molar-refractivity contribution in [2.75, 3.05) is 0 Å². The Bertz CT molecular complexity index is 593. The zero-order chi connectivity index (χ0) is 23.8. The number of unbranched alkanes of at least 4 members (excludes halogenated alkanes) is 1. The Morgan fingerprint density at radius 3 is 1.43 bits per heavy atom. The molecule has 0 bridgehead atoms. The van der Waals surface area contributed by atoms with Gasteiger partial charge in [0.2, 0.25) is 0 Å². The van der Waals surface area contributed by atoms with Crippen molar-refractivity contribution in [2.45, 2.75) is 122 Å². The molecule has 1 nitrogen and oxygen atoms in total. The van der Waals surface area contributed by atoms with Gasteiger partial charge < -0.3 is 0 Å². The number of benzene rings is 1. The number of Topliss-reactive ketones (excluding diaryl/α,β-unsaturated/α-hetero) is 1. The highest BCUT2D eigenvalue weighted by Crippen LogP contribution is 2.25. The quantitative estimate of drug-likeness (QED) is 0.422. The SMILES string of the molecule is CC(C)(C)CCCCC(=O)C(C)(C)C.CC(C)(C)Cc1cccc(CC(C)(C)C)c1.